The summed E-state index contributed by atoms with van der Waals surface area (Å²) in [7, 11) is 0. The normalized spacial score (nSPS) is 11.9. The van der Waals surface area contributed by atoms with Gasteiger partial charge in [0.05, 0.1) is 15.3 Å². The molecule has 208 valence electrons. The first-order valence-corrected chi connectivity index (χ1v) is 14.3. The first kappa shape index (κ1) is 29.9. The molecule has 0 aliphatic heterocycles. The molecule has 1 unspecified atom stereocenters. The number of nitrogens with one attached hydrogen (secondary N) is 3. The van der Waals surface area contributed by atoms with Crippen LogP contribution in [0.25, 0.3) is 6.08 Å². The van der Waals surface area contributed by atoms with Crippen molar-refractivity contribution in [2.45, 2.75) is 24.0 Å². The number of rotatable bonds is 9. The lowest BCUT2D eigenvalue weighted by Crippen LogP contribution is -2.30. The van der Waals surface area contributed by atoms with Crippen molar-refractivity contribution in [1.82, 2.24) is 5.32 Å². The summed E-state index contributed by atoms with van der Waals surface area (Å²) >= 11 is 13.3. The number of halogens is 2. The van der Waals surface area contributed by atoms with Gasteiger partial charge in [-0.1, -0.05) is 71.7 Å². The molecule has 41 heavy (non-hydrogen) atoms. The smallest absolute Gasteiger partial charge is 0.272 e. The molecular formula is C32H27Cl2N3O3S. The summed E-state index contributed by atoms with van der Waals surface area (Å²) in [6.07, 6.45) is 1.65. The van der Waals surface area contributed by atoms with Crippen LogP contribution in [0.3, 0.4) is 0 Å². The van der Waals surface area contributed by atoms with Gasteiger partial charge in [-0.15, -0.1) is 11.8 Å². The highest BCUT2D eigenvalue weighted by molar-refractivity contribution is 8.00. The number of thioether (sulfide) groups is 1. The van der Waals surface area contributed by atoms with Gasteiger partial charge in [-0.05, 0) is 79.6 Å². The Balaban J connectivity index is 1.48. The number of hydrogen-bond acceptors (Lipinski definition) is 4. The molecular weight excluding hydrogens is 577 g/mol. The van der Waals surface area contributed by atoms with E-state index in [1.54, 1.807) is 73.7 Å². The third kappa shape index (κ3) is 8.47. The van der Waals surface area contributed by atoms with Crippen LogP contribution in [0.2, 0.25) is 10.0 Å². The van der Waals surface area contributed by atoms with Gasteiger partial charge in [0.25, 0.3) is 11.8 Å². The van der Waals surface area contributed by atoms with Crippen LogP contribution in [0.1, 0.15) is 28.4 Å². The van der Waals surface area contributed by atoms with Gasteiger partial charge in [0.1, 0.15) is 5.70 Å². The standard InChI is InChI=1S/C32H27Cl2N3O3S/c1-20-9-6-7-12-23(20)17-29(37-31(39)22-10-4-3-5-11-22)32(40)36-24-13-8-14-26(18-24)41-21(2)30(38)35-25-15-16-27(33)28(34)19-25/h3-19,21H,1-2H3,(H,35,38)(H,36,40)(H,37,39)/b29-17-. The molecule has 4 aromatic carbocycles. The zero-order valence-electron chi connectivity index (χ0n) is 22.3. The third-order valence-corrected chi connectivity index (χ3v) is 7.81. The Hall–Kier alpha value is -4.04. The molecule has 9 heteroatoms. The molecule has 0 radical (unpaired) electrons. The molecule has 4 rings (SSSR count). The average molecular weight is 605 g/mol. The number of amides is 3. The number of aryl methyl sites for hydroxylation is 1. The van der Waals surface area contributed by atoms with Gasteiger partial charge < -0.3 is 16.0 Å². The van der Waals surface area contributed by atoms with Crippen LogP contribution in [0.5, 0.6) is 0 Å². The summed E-state index contributed by atoms with van der Waals surface area (Å²) in [6, 6.07) is 28.3. The van der Waals surface area contributed by atoms with Gasteiger partial charge in [0.2, 0.25) is 5.91 Å². The minimum absolute atomic E-state index is 0.0978. The molecule has 0 bridgehead atoms. The molecule has 4 aromatic rings. The fourth-order valence-electron chi connectivity index (χ4n) is 3.77. The number of anilines is 2. The van der Waals surface area contributed by atoms with Crippen molar-refractivity contribution in [3.05, 3.63) is 129 Å². The molecule has 1 atom stereocenters. The van der Waals surface area contributed by atoms with Gasteiger partial charge in [0.15, 0.2) is 0 Å². The van der Waals surface area contributed by atoms with Gasteiger partial charge in [0, 0.05) is 21.8 Å². The van der Waals surface area contributed by atoms with E-state index in [0.29, 0.717) is 27.0 Å². The predicted octanol–water partition coefficient (Wildman–Crippen LogP) is 7.83. The molecule has 6 nitrogen and oxygen atoms in total. The largest absolute Gasteiger partial charge is 0.325 e. The van der Waals surface area contributed by atoms with Gasteiger partial charge in [-0.3, -0.25) is 14.4 Å². The second kappa shape index (κ2) is 14.0. The number of hydrogen-bond donors (Lipinski definition) is 3. The van der Waals surface area contributed by atoms with Gasteiger partial charge in [-0.25, -0.2) is 0 Å². The summed E-state index contributed by atoms with van der Waals surface area (Å²) in [5, 5.41) is 8.77. The summed E-state index contributed by atoms with van der Waals surface area (Å²) < 4.78 is 0. The molecule has 0 spiro atoms. The molecule has 0 aromatic heterocycles. The Bertz CT molecular complexity index is 1610. The quantitative estimate of drug-likeness (QED) is 0.134. The molecule has 0 aliphatic rings. The van der Waals surface area contributed by atoms with E-state index < -0.39 is 17.1 Å². The highest BCUT2D eigenvalue weighted by atomic mass is 35.5. The Morgan fingerprint density at radius 3 is 2.22 bits per heavy atom. The van der Waals surface area contributed by atoms with Crippen LogP contribution in [-0.2, 0) is 9.59 Å². The highest BCUT2D eigenvalue weighted by Gasteiger charge is 2.18. The number of carbonyl (C=O) groups excluding carboxylic acids is 3. The zero-order valence-corrected chi connectivity index (χ0v) is 24.6. The van der Waals surface area contributed by atoms with Crippen molar-refractivity contribution < 1.29 is 14.4 Å². The Kier molecular flexibility index (Phi) is 10.2. The molecule has 0 heterocycles. The maximum atomic E-state index is 13.4. The lowest BCUT2D eigenvalue weighted by atomic mass is 10.1. The predicted molar refractivity (Wildman–Crippen MR) is 169 cm³/mol. The van der Waals surface area contributed by atoms with Crippen molar-refractivity contribution in [3.63, 3.8) is 0 Å². The monoisotopic (exact) mass is 603 g/mol. The fourth-order valence-corrected chi connectivity index (χ4v) is 4.99. The topological polar surface area (TPSA) is 87.3 Å². The van der Waals surface area contributed by atoms with E-state index in [1.807, 2.05) is 43.3 Å². The van der Waals surface area contributed by atoms with E-state index in [4.69, 9.17) is 23.2 Å². The average Bonchev–Trinajstić information content (AvgIpc) is 2.96. The second-order valence-corrected chi connectivity index (χ2v) is 11.3. The SMILES string of the molecule is Cc1ccccc1/C=C(\NC(=O)c1ccccc1)C(=O)Nc1cccc(SC(C)C(=O)Nc2ccc(Cl)c(Cl)c2)c1. The minimum Gasteiger partial charge on any atom is -0.325 e. The minimum atomic E-state index is -0.481. The van der Waals surface area contributed by atoms with Crippen LogP contribution in [0.15, 0.2) is 108 Å². The van der Waals surface area contributed by atoms with E-state index >= 15 is 0 Å². The first-order valence-electron chi connectivity index (χ1n) is 12.7. The summed E-state index contributed by atoms with van der Waals surface area (Å²) in [5.74, 6) is -1.09. The van der Waals surface area contributed by atoms with Crippen molar-refractivity contribution in [3.8, 4) is 0 Å². The van der Waals surface area contributed by atoms with Crippen molar-refractivity contribution in [2.24, 2.45) is 0 Å². The molecule has 3 N–H and O–H groups in total. The summed E-state index contributed by atoms with van der Waals surface area (Å²) in [6.45, 7) is 3.71. The van der Waals surface area contributed by atoms with E-state index in [9.17, 15) is 14.4 Å². The van der Waals surface area contributed by atoms with Crippen molar-refractivity contribution in [1.29, 1.82) is 0 Å². The van der Waals surface area contributed by atoms with E-state index in [1.165, 1.54) is 11.8 Å². The number of carbonyl (C=O) groups is 3. The summed E-state index contributed by atoms with van der Waals surface area (Å²) in [4.78, 5) is 39.8. The third-order valence-electron chi connectivity index (χ3n) is 5.98. The van der Waals surface area contributed by atoms with Crippen molar-refractivity contribution >= 4 is 70.1 Å². The van der Waals surface area contributed by atoms with E-state index in [2.05, 4.69) is 16.0 Å². The summed E-state index contributed by atoms with van der Waals surface area (Å²) in [5.41, 5.74) is 3.35. The Morgan fingerprint density at radius 2 is 1.49 bits per heavy atom. The molecule has 0 saturated heterocycles. The van der Waals surface area contributed by atoms with E-state index in [0.717, 1.165) is 16.0 Å². The maximum Gasteiger partial charge on any atom is 0.272 e. The lowest BCUT2D eigenvalue weighted by Gasteiger charge is -2.14. The molecule has 3 amide bonds. The maximum absolute atomic E-state index is 13.4. The van der Waals surface area contributed by atoms with Crippen LogP contribution in [0, 0.1) is 6.92 Å². The Morgan fingerprint density at radius 1 is 0.780 bits per heavy atom. The van der Waals surface area contributed by atoms with Crippen LogP contribution in [0.4, 0.5) is 11.4 Å². The number of benzene rings is 4. The van der Waals surface area contributed by atoms with Gasteiger partial charge in [-0.2, -0.15) is 0 Å². The van der Waals surface area contributed by atoms with Crippen LogP contribution < -0.4 is 16.0 Å². The van der Waals surface area contributed by atoms with Crippen molar-refractivity contribution in [2.75, 3.05) is 10.6 Å². The van der Waals surface area contributed by atoms with E-state index in [-0.39, 0.29) is 11.6 Å². The first-order chi connectivity index (χ1) is 19.7. The molecule has 0 fully saturated rings. The second-order valence-electron chi connectivity index (χ2n) is 9.09. The van der Waals surface area contributed by atoms with Gasteiger partial charge >= 0.3 is 0 Å². The molecule has 0 saturated carbocycles. The van der Waals surface area contributed by atoms with Crippen LogP contribution in [-0.4, -0.2) is 23.0 Å². The zero-order chi connectivity index (χ0) is 29.4. The van der Waals surface area contributed by atoms with Crippen LogP contribution >= 0.6 is 35.0 Å². The molecule has 0 aliphatic carbocycles. The fraction of sp³-hybridized carbons (Fsp3) is 0.0938. The lowest BCUT2D eigenvalue weighted by molar-refractivity contribution is -0.115. The highest BCUT2D eigenvalue weighted by Crippen LogP contribution is 2.29. The Labute approximate surface area is 253 Å².